The third-order valence-corrected chi connectivity index (χ3v) is 4.48. The molecule has 1 aromatic carbocycles. The number of rotatable bonds is 6. The predicted octanol–water partition coefficient (Wildman–Crippen LogP) is -1.38. The number of ether oxygens (including phenoxy) is 1. The Bertz CT molecular complexity index is 779. The first kappa shape index (κ1) is 19.3. The number of nitro benzene ring substituents is 1. The van der Waals surface area contributed by atoms with E-state index in [1.807, 2.05) is 0 Å². The quantitative estimate of drug-likeness (QED) is 0.349. The molecule has 11 nitrogen and oxygen atoms in total. The summed E-state index contributed by atoms with van der Waals surface area (Å²) in [5, 5.41) is 57.5. The van der Waals surface area contributed by atoms with Gasteiger partial charge in [0.05, 0.1) is 29.9 Å². The van der Waals surface area contributed by atoms with Crippen LogP contribution in [-0.2, 0) is 17.7 Å². The minimum absolute atomic E-state index is 0.000599. The van der Waals surface area contributed by atoms with E-state index in [0.29, 0.717) is 12.2 Å². The summed E-state index contributed by atoms with van der Waals surface area (Å²) < 4.78 is 6.97. The second kappa shape index (κ2) is 8.06. The fraction of sp³-hybridized carbons (Fsp3) is 0.500. The van der Waals surface area contributed by atoms with Crippen molar-refractivity contribution < 1.29 is 30.1 Å². The lowest BCUT2D eigenvalue weighted by atomic mass is 9.93. The van der Waals surface area contributed by atoms with Crippen molar-refractivity contribution >= 4 is 5.69 Å². The van der Waals surface area contributed by atoms with E-state index in [0.717, 1.165) is 5.56 Å². The van der Waals surface area contributed by atoms with Gasteiger partial charge in [-0.15, -0.1) is 5.10 Å². The average Bonchev–Trinajstić information content (AvgIpc) is 3.09. The van der Waals surface area contributed by atoms with Crippen LogP contribution in [0.2, 0.25) is 0 Å². The molecule has 0 aliphatic carbocycles. The lowest BCUT2D eigenvalue weighted by Crippen LogP contribution is -2.59. The van der Waals surface area contributed by atoms with E-state index in [1.54, 1.807) is 18.3 Å². The highest BCUT2D eigenvalue weighted by atomic mass is 16.6. The second-order valence-corrected chi connectivity index (χ2v) is 6.40. The molecule has 1 saturated heterocycles. The number of aromatic nitrogens is 3. The number of hydrogen-bond donors (Lipinski definition) is 4. The Morgan fingerprint density at radius 3 is 2.41 bits per heavy atom. The highest BCUT2D eigenvalue weighted by Gasteiger charge is 2.43. The molecule has 0 amide bonds. The van der Waals surface area contributed by atoms with Crippen molar-refractivity contribution in [3.05, 3.63) is 51.8 Å². The molecular formula is C16H20N4O7. The molecule has 2 aromatic rings. The van der Waals surface area contributed by atoms with Crippen LogP contribution in [-0.4, -0.2) is 77.5 Å². The largest absolute Gasteiger partial charge is 0.394 e. The first-order valence-electron chi connectivity index (χ1n) is 8.32. The maximum Gasteiger partial charge on any atom is 0.269 e. The summed E-state index contributed by atoms with van der Waals surface area (Å²) >= 11 is 0. The van der Waals surface area contributed by atoms with Gasteiger partial charge in [0.15, 0.2) is 0 Å². The number of nitrogens with zero attached hydrogens (tertiary/aromatic N) is 4. The number of benzene rings is 1. The fourth-order valence-electron chi connectivity index (χ4n) is 2.97. The van der Waals surface area contributed by atoms with Gasteiger partial charge in [-0.25, -0.2) is 4.68 Å². The lowest BCUT2D eigenvalue weighted by Gasteiger charge is -2.39. The molecule has 0 unspecified atom stereocenters. The van der Waals surface area contributed by atoms with Crippen LogP contribution in [0.1, 0.15) is 11.3 Å². The molecule has 4 N–H and O–H groups in total. The standard InChI is InChI=1S/C16H20N4O7/c21-8-13-15(23)16(24)14(22)12(27-13)5-10-7-19(18-17-10)6-9-1-3-11(4-2-9)20(25)26/h1-4,7,12-16,21-24H,5-6,8H2/t12-,13+,14-,15+,16+/m0/s1. The van der Waals surface area contributed by atoms with E-state index in [-0.39, 0.29) is 12.1 Å². The number of aliphatic hydroxyl groups is 4. The molecule has 1 aromatic heterocycles. The molecule has 0 radical (unpaired) electrons. The van der Waals surface area contributed by atoms with Crippen LogP contribution >= 0.6 is 0 Å². The Kier molecular flexibility index (Phi) is 5.77. The van der Waals surface area contributed by atoms with Gasteiger partial charge < -0.3 is 25.2 Å². The molecule has 2 heterocycles. The fourth-order valence-corrected chi connectivity index (χ4v) is 2.97. The van der Waals surface area contributed by atoms with Gasteiger partial charge >= 0.3 is 0 Å². The monoisotopic (exact) mass is 380 g/mol. The number of non-ortho nitro benzene ring substituents is 1. The lowest BCUT2D eigenvalue weighted by molar-refractivity contribution is -0.384. The summed E-state index contributed by atoms with van der Waals surface area (Å²) in [5.41, 5.74) is 1.28. The van der Waals surface area contributed by atoms with Crippen LogP contribution in [0.15, 0.2) is 30.5 Å². The molecule has 0 bridgehead atoms. The van der Waals surface area contributed by atoms with Crippen molar-refractivity contribution in [1.29, 1.82) is 0 Å². The van der Waals surface area contributed by atoms with Gasteiger partial charge in [-0.05, 0) is 5.56 Å². The Labute approximate surface area is 153 Å². The second-order valence-electron chi connectivity index (χ2n) is 6.40. The Hall–Kier alpha value is -2.44. The Balaban J connectivity index is 1.64. The highest BCUT2D eigenvalue weighted by Crippen LogP contribution is 2.23. The van der Waals surface area contributed by atoms with E-state index < -0.39 is 42.1 Å². The molecule has 1 fully saturated rings. The topological polar surface area (TPSA) is 164 Å². The van der Waals surface area contributed by atoms with Gasteiger partial charge in [-0.1, -0.05) is 17.3 Å². The van der Waals surface area contributed by atoms with Crippen LogP contribution in [0.25, 0.3) is 0 Å². The molecule has 3 rings (SSSR count). The van der Waals surface area contributed by atoms with Crippen LogP contribution < -0.4 is 0 Å². The zero-order valence-corrected chi connectivity index (χ0v) is 14.2. The van der Waals surface area contributed by atoms with Gasteiger partial charge in [0.1, 0.15) is 24.4 Å². The van der Waals surface area contributed by atoms with Gasteiger partial charge in [-0.3, -0.25) is 10.1 Å². The third kappa shape index (κ3) is 4.28. The normalized spacial score (nSPS) is 28.2. The zero-order chi connectivity index (χ0) is 19.6. The maximum atomic E-state index is 10.7. The van der Waals surface area contributed by atoms with E-state index in [4.69, 9.17) is 4.74 Å². The van der Waals surface area contributed by atoms with Gasteiger partial charge in [0.25, 0.3) is 5.69 Å². The summed E-state index contributed by atoms with van der Waals surface area (Å²) in [6.07, 6.45) is -4.24. The zero-order valence-electron chi connectivity index (χ0n) is 14.2. The average molecular weight is 380 g/mol. The molecule has 11 heteroatoms. The van der Waals surface area contributed by atoms with Crippen molar-refractivity contribution in [3.8, 4) is 0 Å². The van der Waals surface area contributed by atoms with Crippen molar-refractivity contribution in [2.45, 2.75) is 43.5 Å². The molecular weight excluding hydrogens is 360 g/mol. The minimum Gasteiger partial charge on any atom is -0.394 e. The van der Waals surface area contributed by atoms with E-state index in [1.165, 1.54) is 16.8 Å². The molecule has 1 aliphatic heterocycles. The van der Waals surface area contributed by atoms with E-state index in [2.05, 4.69) is 10.3 Å². The Morgan fingerprint density at radius 2 is 1.78 bits per heavy atom. The van der Waals surface area contributed by atoms with Crippen molar-refractivity contribution in [3.63, 3.8) is 0 Å². The number of aliphatic hydroxyl groups excluding tert-OH is 4. The summed E-state index contributed by atoms with van der Waals surface area (Å²) in [5.74, 6) is 0. The van der Waals surface area contributed by atoms with Gasteiger partial charge in [0, 0.05) is 24.8 Å². The van der Waals surface area contributed by atoms with Gasteiger partial charge in [-0.2, -0.15) is 0 Å². The van der Waals surface area contributed by atoms with Crippen molar-refractivity contribution in [2.75, 3.05) is 6.61 Å². The van der Waals surface area contributed by atoms with Crippen LogP contribution in [0.5, 0.6) is 0 Å². The molecule has 5 atom stereocenters. The van der Waals surface area contributed by atoms with Crippen LogP contribution in [0.3, 0.4) is 0 Å². The molecule has 27 heavy (non-hydrogen) atoms. The van der Waals surface area contributed by atoms with Crippen molar-refractivity contribution in [1.82, 2.24) is 15.0 Å². The SMILES string of the molecule is O=[N+]([O-])c1ccc(Cn2cc(C[C@@H]3O[C@H](CO)[C@@H](O)[C@H](O)[C@H]3O)nn2)cc1. The summed E-state index contributed by atoms with van der Waals surface area (Å²) in [7, 11) is 0. The first-order valence-corrected chi connectivity index (χ1v) is 8.32. The smallest absolute Gasteiger partial charge is 0.269 e. The van der Waals surface area contributed by atoms with E-state index in [9.17, 15) is 30.5 Å². The molecule has 0 saturated carbocycles. The number of nitro groups is 1. The summed E-state index contributed by atoms with van der Waals surface area (Å²) in [6, 6.07) is 6.05. The van der Waals surface area contributed by atoms with E-state index >= 15 is 0 Å². The minimum atomic E-state index is -1.43. The maximum absolute atomic E-state index is 10.7. The molecule has 1 aliphatic rings. The number of hydrogen-bond acceptors (Lipinski definition) is 9. The summed E-state index contributed by atoms with van der Waals surface area (Å²) in [4.78, 5) is 10.2. The van der Waals surface area contributed by atoms with Gasteiger partial charge in [0.2, 0.25) is 0 Å². The molecule has 146 valence electrons. The highest BCUT2D eigenvalue weighted by molar-refractivity contribution is 5.32. The van der Waals surface area contributed by atoms with Crippen LogP contribution in [0.4, 0.5) is 5.69 Å². The van der Waals surface area contributed by atoms with Crippen LogP contribution in [0, 0.1) is 10.1 Å². The molecule has 0 spiro atoms. The van der Waals surface area contributed by atoms with Crippen molar-refractivity contribution in [2.24, 2.45) is 0 Å². The predicted molar refractivity (Wildman–Crippen MR) is 89.7 cm³/mol. The first-order chi connectivity index (χ1) is 12.9. The third-order valence-electron chi connectivity index (χ3n) is 4.48. The Morgan fingerprint density at radius 1 is 1.11 bits per heavy atom. The summed E-state index contributed by atoms with van der Waals surface area (Å²) in [6.45, 7) is -0.145.